The lowest BCUT2D eigenvalue weighted by Gasteiger charge is -2.09. The molecule has 0 fully saturated rings. The molecule has 8 heteroatoms. The fourth-order valence-corrected chi connectivity index (χ4v) is 1.78. The van der Waals surface area contributed by atoms with Crippen LogP contribution in [-0.4, -0.2) is 22.1 Å². The molecule has 0 atom stereocenters. The maximum Gasteiger partial charge on any atom is 0.356 e. The molecule has 21 heavy (non-hydrogen) atoms. The van der Waals surface area contributed by atoms with Crippen molar-refractivity contribution in [3.8, 4) is 0 Å². The third kappa shape index (κ3) is 3.76. The van der Waals surface area contributed by atoms with Crippen molar-refractivity contribution >= 4 is 39.3 Å². The van der Waals surface area contributed by atoms with Gasteiger partial charge in [0.05, 0.1) is 10.2 Å². The molecule has 2 aromatic rings. The number of benzene rings is 1. The van der Waals surface area contributed by atoms with Gasteiger partial charge in [0.1, 0.15) is 5.82 Å². The van der Waals surface area contributed by atoms with Crippen molar-refractivity contribution in [2.75, 3.05) is 10.6 Å². The fourth-order valence-electron chi connectivity index (χ4n) is 1.54. The zero-order chi connectivity index (χ0) is 15.4. The average Bonchev–Trinajstić information content (AvgIpc) is 2.43. The standard InChI is InChI=1S/C13H9BrFN3O3/c14-8-4-3-7(6-9(8)15)17-13(21)18-10-2-1-5-16-11(10)12(19)20/h1-6H,(H,19,20)(H2,17,18,21). The van der Waals surface area contributed by atoms with Crippen LogP contribution < -0.4 is 10.6 Å². The fraction of sp³-hybridized carbons (Fsp3) is 0. The second kappa shape index (κ2) is 6.31. The van der Waals surface area contributed by atoms with Crippen LogP contribution >= 0.6 is 15.9 Å². The number of rotatable bonds is 3. The number of anilines is 2. The van der Waals surface area contributed by atoms with Gasteiger partial charge in [0.15, 0.2) is 5.69 Å². The summed E-state index contributed by atoms with van der Waals surface area (Å²) in [4.78, 5) is 26.4. The summed E-state index contributed by atoms with van der Waals surface area (Å²) in [5, 5.41) is 13.7. The number of aromatic carboxylic acids is 1. The number of hydrogen-bond donors (Lipinski definition) is 3. The van der Waals surface area contributed by atoms with E-state index in [4.69, 9.17) is 5.11 Å². The molecule has 0 saturated heterocycles. The van der Waals surface area contributed by atoms with Crippen LogP contribution in [-0.2, 0) is 0 Å². The average molecular weight is 354 g/mol. The first kappa shape index (κ1) is 14.9. The number of nitrogens with one attached hydrogen (secondary N) is 2. The van der Waals surface area contributed by atoms with Crippen LogP contribution in [0.1, 0.15) is 10.5 Å². The lowest BCUT2D eigenvalue weighted by atomic mass is 10.3. The normalized spacial score (nSPS) is 10.0. The molecule has 0 unspecified atom stereocenters. The second-order valence-electron chi connectivity index (χ2n) is 3.91. The summed E-state index contributed by atoms with van der Waals surface area (Å²) in [6.45, 7) is 0. The summed E-state index contributed by atoms with van der Waals surface area (Å²) in [5.41, 5.74) is -0.0105. The Morgan fingerprint density at radius 2 is 2.00 bits per heavy atom. The first-order chi connectivity index (χ1) is 9.97. The number of nitrogens with zero attached hydrogens (tertiary/aromatic N) is 1. The van der Waals surface area contributed by atoms with Crippen LogP contribution in [0.4, 0.5) is 20.6 Å². The number of aromatic nitrogens is 1. The number of hydrogen-bond acceptors (Lipinski definition) is 3. The van der Waals surface area contributed by atoms with Crippen molar-refractivity contribution < 1.29 is 19.1 Å². The van der Waals surface area contributed by atoms with Gasteiger partial charge in [-0.1, -0.05) is 0 Å². The van der Waals surface area contributed by atoms with E-state index in [0.717, 1.165) is 6.07 Å². The van der Waals surface area contributed by atoms with Crippen LogP contribution in [0, 0.1) is 5.82 Å². The molecular formula is C13H9BrFN3O3. The van der Waals surface area contributed by atoms with Gasteiger partial charge in [-0.05, 0) is 46.3 Å². The number of carbonyl (C=O) groups is 2. The summed E-state index contributed by atoms with van der Waals surface area (Å²) in [6, 6.07) is 6.25. The van der Waals surface area contributed by atoms with Crippen LogP contribution in [0.25, 0.3) is 0 Å². The van der Waals surface area contributed by atoms with Crippen molar-refractivity contribution in [1.82, 2.24) is 4.98 Å². The van der Waals surface area contributed by atoms with Crippen molar-refractivity contribution in [2.45, 2.75) is 0 Å². The van der Waals surface area contributed by atoms with E-state index in [0.29, 0.717) is 0 Å². The molecule has 1 aromatic carbocycles. The van der Waals surface area contributed by atoms with Gasteiger partial charge in [-0.25, -0.2) is 19.0 Å². The van der Waals surface area contributed by atoms with Gasteiger partial charge in [0.25, 0.3) is 0 Å². The van der Waals surface area contributed by atoms with Gasteiger partial charge in [-0.2, -0.15) is 0 Å². The molecule has 1 aromatic heterocycles. The van der Waals surface area contributed by atoms with Gasteiger partial charge in [0, 0.05) is 11.9 Å². The minimum atomic E-state index is -1.26. The van der Waals surface area contributed by atoms with Gasteiger partial charge < -0.3 is 15.7 Å². The van der Waals surface area contributed by atoms with E-state index in [9.17, 15) is 14.0 Å². The van der Waals surface area contributed by atoms with E-state index in [1.165, 1.54) is 30.5 Å². The summed E-state index contributed by atoms with van der Waals surface area (Å²) in [5.74, 6) is -1.79. The van der Waals surface area contributed by atoms with Crippen molar-refractivity contribution in [3.05, 3.63) is 52.5 Å². The molecule has 0 aliphatic heterocycles. The van der Waals surface area contributed by atoms with E-state index < -0.39 is 17.8 Å². The number of carbonyl (C=O) groups excluding carboxylic acids is 1. The highest BCUT2D eigenvalue weighted by Gasteiger charge is 2.13. The topological polar surface area (TPSA) is 91.3 Å². The quantitative estimate of drug-likeness (QED) is 0.789. The summed E-state index contributed by atoms with van der Waals surface area (Å²) >= 11 is 3.00. The zero-order valence-electron chi connectivity index (χ0n) is 10.4. The monoisotopic (exact) mass is 353 g/mol. The minimum absolute atomic E-state index is 0.0417. The molecule has 0 aliphatic rings. The Kier molecular flexibility index (Phi) is 4.49. The number of carboxylic acids is 1. The molecule has 2 rings (SSSR count). The number of carboxylic acid groups (broad SMARTS) is 1. The second-order valence-corrected chi connectivity index (χ2v) is 4.77. The molecular weight excluding hydrogens is 345 g/mol. The molecule has 3 N–H and O–H groups in total. The van der Waals surface area contributed by atoms with Crippen LogP contribution in [0.3, 0.4) is 0 Å². The number of urea groups is 1. The lowest BCUT2D eigenvalue weighted by Crippen LogP contribution is -2.21. The highest BCUT2D eigenvalue weighted by atomic mass is 79.9. The maximum absolute atomic E-state index is 13.3. The molecule has 0 bridgehead atoms. The first-order valence-corrected chi connectivity index (χ1v) is 6.48. The number of halogens is 2. The first-order valence-electron chi connectivity index (χ1n) is 5.69. The molecule has 0 saturated carbocycles. The Bertz CT molecular complexity index is 709. The van der Waals surface area contributed by atoms with Gasteiger partial charge in [-0.15, -0.1) is 0 Å². The molecule has 6 nitrogen and oxygen atoms in total. The number of amides is 2. The smallest absolute Gasteiger partial charge is 0.356 e. The van der Waals surface area contributed by atoms with E-state index in [1.807, 2.05) is 0 Å². The van der Waals surface area contributed by atoms with E-state index in [-0.39, 0.29) is 21.5 Å². The zero-order valence-corrected chi connectivity index (χ0v) is 12.0. The number of pyridine rings is 1. The summed E-state index contributed by atoms with van der Waals surface area (Å²) in [7, 11) is 0. The molecule has 108 valence electrons. The maximum atomic E-state index is 13.3. The molecule has 0 aliphatic carbocycles. The lowest BCUT2D eigenvalue weighted by molar-refractivity contribution is 0.0691. The van der Waals surface area contributed by atoms with Gasteiger partial charge >= 0.3 is 12.0 Å². The summed E-state index contributed by atoms with van der Waals surface area (Å²) < 4.78 is 13.6. The molecule has 1 heterocycles. The molecule has 2 amide bonds. The minimum Gasteiger partial charge on any atom is -0.476 e. The van der Waals surface area contributed by atoms with Crippen molar-refractivity contribution in [1.29, 1.82) is 0 Å². The predicted octanol–water partition coefficient (Wildman–Crippen LogP) is 3.33. The van der Waals surface area contributed by atoms with E-state index in [1.54, 1.807) is 0 Å². The third-order valence-corrected chi connectivity index (χ3v) is 3.08. The SMILES string of the molecule is O=C(Nc1ccc(Br)c(F)c1)Nc1cccnc1C(=O)O. The molecule has 0 radical (unpaired) electrons. The highest BCUT2D eigenvalue weighted by molar-refractivity contribution is 9.10. The Hall–Kier alpha value is -2.48. The third-order valence-electron chi connectivity index (χ3n) is 2.44. The Morgan fingerprint density at radius 1 is 1.24 bits per heavy atom. The van der Waals surface area contributed by atoms with Crippen LogP contribution in [0.15, 0.2) is 41.0 Å². The van der Waals surface area contributed by atoms with E-state index >= 15 is 0 Å². The Balaban J connectivity index is 2.12. The molecule has 0 spiro atoms. The highest BCUT2D eigenvalue weighted by Crippen LogP contribution is 2.19. The van der Waals surface area contributed by atoms with Crippen LogP contribution in [0.2, 0.25) is 0 Å². The Labute approximate surface area is 127 Å². The predicted molar refractivity (Wildman–Crippen MR) is 77.9 cm³/mol. The van der Waals surface area contributed by atoms with Gasteiger partial charge in [-0.3, -0.25) is 0 Å². The van der Waals surface area contributed by atoms with Gasteiger partial charge in [0.2, 0.25) is 0 Å². The van der Waals surface area contributed by atoms with Crippen molar-refractivity contribution in [2.24, 2.45) is 0 Å². The van der Waals surface area contributed by atoms with Crippen LogP contribution in [0.5, 0.6) is 0 Å². The Morgan fingerprint density at radius 3 is 2.67 bits per heavy atom. The van der Waals surface area contributed by atoms with Crippen molar-refractivity contribution in [3.63, 3.8) is 0 Å². The largest absolute Gasteiger partial charge is 0.476 e. The summed E-state index contributed by atoms with van der Waals surface area (Å²) in [6.07, 6.45) is 1.30. The van der Waals surface area contributed by atoms with E-state index in [2.05, 4.69) is 31.5 Å².